The molecule has 0 unspecified atom stereocenters. The smallest absolute Gasteiger partial charge is 0.288 e. The summed E-state index contributed by atoms with van der Waals surface area (Å²) in [4.78, 5) is 0.534. The molecule has 0 aliphatic carbocycles. The molecule has 0 atom stereocenters. The van der Waals surface area contributed by atoms with Crippen LogP contribution in [-0.4, -0.2) is 16.5 Å². The molecule has 0 spiro atoms. The summed E-state index contributed by atoms with van der Waals surface area (Å²) in [6, 6.07) is 6.89. The Balaban J connectivity index is 2.74. The minimum Gasteiger partial charge on any atom is -0.390 e. The van der Waals surface area contributed by atoms with E-state index in [-0.39, 0.29) is 0 Å². The lowest BCUT2D eigenvalue weighted by Crippen LogP contribution is -2.21. The van der Waals surface area contributed by atoms with Gasteiger partial charge in [-0.05, 0) is 31.5 Å². The van der Waals surface area contributed by atoms with Crippen molar-refractivity contribution in [2.75, 3.05) is 0 Å². The summed E-state index contributed by atoms with van der Waals surface area (Å²) < 4.78 is 24.2. The van der Waals surface area contributed by atoms with E-state index in [2.05, 4.69) is 0 Å². The predicted molar refractivity (Wildman–Crippen MR) is 58.3 cm³/mol. The molecule has 0 radical (unpaired) electrons. The van der Waals surface area contributed by atoms with Gasteiger partial charge in [0.25, 0.3) is 5.76 Å². The topological polar surface area (TPSA) is 20.2 Å². The highest BCUT2D eigenvalue weighted by atomic mass is 32.2. The van der Waals surface area contributed by atoms with Crippen molar-refractivity contribution in [1.82, 2.24) is 0 Å². The molecule has 4 heteroatoms. The predicted octanol–water partition coefficient (Wildman–Crippen LogP) is 3.31. The van der Waals surface area contributed by atoms with Crippen molar-refractivity contribution < 1.29 is 13.9 Å². The summed E-state index contributed by atoms with van der Waals surface area (Å²) in [7, 11) is 0. The molecule has 0 aliphatic heterocycles. The fraction of sp³-hybridized carbons (Fsp3) is 0.455. The molecule has 1 aromatic rings. The van der Waals surface area contributed by atoms with E-state index in [1.165, 1.54) is 0 Å². The minimum absolute atomic E-state index is 0.463. The van der Waals surface area contributed by atoms with E-state index in [1.807, 2.05) is 6.07 Å². The van der Waals surface area contributed by atoms with Crippen molar-refractivity contribution >= 4 is 11.8 Å². The largest absolute Gasteiger partial charge is 0.390 e. The van der Waals surface area contributed by atoms with Crippen molar-refractivity contribution in [3.8, 4) is 0 Å². The molecule has 84 valence electrons. The number of halogens is 2. The summed E-state index contributed by atoms with van der Waals surface area (Å²) in [5.74, 6) is -2.40. The lowest BCUT2D eigenvalue weighted by Gasteiger charge is -2.17. The number of thioether (sulfide) groups is 1. The molecule has 0 aliphatic rings. The van der Waals surface area contributed by atoms with Crippen LogP contribution in [0.25, 0.3) is 0 Å². The lowest BCUT2D eigenvalue weighted by atomic mass is 9.99. The second-order valence-electron chi connectivity index (χ2n) is 4.02. The Morgan fingerprint density at radius 1 is 1.40 bits per heavy atom. The van der Waals surface area contributed by atoms with E-state index < -0.39 is 11.4 Å². The van der Waals surface area contributed by atoms with Crippen LogP contribution >= 0.6 is 11.8 Å². The Morgan fingerprint density at radius 2 is 2.07 bits per heavy atom. The third-order valence-electron chi connectivity index (χ3n) is 1.76. The zero-order chi connectivity index (χ0) is 11.5. The highest BCUT2D eigenvalue weighted by molar-refractivity contribution is 7.99. The number of hydrogen-bond acceptors (Lipinski definition) is 2. The van der Waals surface area contributed by atoms with Gasteiger partial charge in [-0.1, -0.05) is 23.9 Å². The number of alkyl halides is 2. The van der Waals surface area contributed by atoms with Gasteiger partial charge in [-0.3, -0.25) is 0 Å². The second-order valence-corrected chi connectivity index (χ2v) is 5.08. The van der Waals surface area contributed by atoms with Gasteiger partial charge in [-0.25, -0.2) is 0 Å². The number of rotatable bonds is 4. The van der Waals surface area contributed by atoms with Crippen LogP contribution in [0.15, 0.2) is 29.2 Å². The average Bonchev–Trinajstić information content (AvgIpc) is 1.99. The van der Waals surface area contributed by atoms with Crippen LogP contribution in [-0.2, 0) is 6.42 Å². The highest BCUT2D eigenvalue weighted by Crippen LogP contribution is 2.26. The van der Waals surface area contributed by atoms with Crippen molar-refractivity contribution in [2.24, 2.45) is 0 Å². The quantitative estimate of drug-likeness (QED) is 0.804. The van der Waals surface area contributed by atoms with E-state index in [0.29, 0.717) is 23.1 Å². The van der Waals surface area contributed by atoms with Gasteiger partial charge in [-0.2, -0.15) is 8.78 Å². The van der Waals surface area contributed by atoms with E-state index >= 15 is 0 Å². The zero-order valence-electron chi connectivity index (χ0n) is 8.71. The fourth-order valence-corrected chi connectivity index (χ4v) is 1.91. The average molecular weight is 232 g/mol. The normalized spacial score (nSPS) is 12.1. The van der Waals surface area contributed by atoms with Crippen molar-refractivity contribution in [3.05, 3.63) is 29.8 Å². The van der Waals surface area contributed by atoms with Crippen LogP contribution in [0, 0.1) is 0 Å². The molecule has 0 aromatic heterocycles. The molecule has 1 nitrogen and oxygen atoms in total. The maximum Gasteiger partial charge on any atom is 0.288 e. The van der Waals surface area contributed by atoms with Gasteiger partial charge >= 0.3 is 0 Å². The van der Waals surface area contributed by atoms with E-state index in [0.717, 1.165) is 5.56 Å². The SMILES string of the molecule is CC(C)(O)Cc1cccc(SC(F)F)c1. The Hall–Kier alpha value is -0.610. The van der Waals surface area contributed by atoms with Crippen LogP contribution in [0.2, 0.25) is 0 Å². The van der Waals surface area contributed by atoms with Gasteiger partial charge in [0.1, 0.15) is 0 Å². The lowest BCUT2D eigenvalue weighted by molar-refractivity contribution is 0.0809. The second kappa shape index (κ2) is 4.94. The van der Waals surface area contributed by atoms with Crippen molar-refractivity contribution in [2.45, 2.75) is 36.5 Å². The van der Waals surface area contributed by atoms with Crippen LogP contribution in [0.3, 0.4) is 0 Å². The van der Waals surface area contributed by atoms with Gasteiger partial charge in [0.05, 0.1) is 5.60 Å². The molecule has 0 fully saturated rings. The molecule has 1 rings (SSSR count). The molecule has 1 N–H and O–H groups in total. The highest BCUT2D eigenvalue weighted by Gasteiger charge is 2.14. The van der Waals surface area contributed by atoms with E-state index in [9.17, 15) is 13.9 Å². The van der Waals surface area contributed by atoms with Crippen molar-refractivity contribution in [3.63, 3.8) is 0 Å². The summed E-state index contributed by atoms with van der Waals surface area (Å²) in [5.41, 5.74) is 0.0573. The maximum absolute atomic E-state index is 12.1. The standard InChI is InChI=1S/C11H14F2OS/c1-11(2,14)7-8-4-3-5-9(6-8)15-10(12)13/h3-6,10,14H,7H2,1-2H3. The van der Waals surface area contributed by atoms with Crippen LogP contribution < -0.4 is 0 Å². The first kappa shape index (κ1) is 12.5. The van der Waals surface area contributed by atoms with Gasteiger partial charge in [0.15, 0.2) is 0 Å². The Morgan fingerprint density at radius 3 is 2.60 bits per heavy atom. The van der Waals surface area contributed by atoms with Gasteiger partial charge in [-0.15, -0.1) is 0 Å². The fourth-order valence-electron chi connectivity index (χ4n) is 1.33. The Kier molecular flexibility index (Phi) is 4.11. The van der Waals surface area contributed by atoms with Crippen molar-refractivity contribution in [1.29, 1.82) is 0 Å². The molecule has 0 saturated carbocycles. The molecule has 0 saturated heterocycles. The molecule has 1 aromatic carbocycles. The molecule has 15 heavy (non-hydrogen) atoms. The van der Waals surface area contributed by atoms with Crippen LogP contribution in [0.4, 0.5) is 8.78 Å². The molecular weight excluding hydrogens is 218 g/mol. The Labute approximate surface area is 92.5 Å². The number of benzene rings is 1. The first-order valence-corrected chi connectivity index (χ1v) is 5.51. The Bertz CT molecular complexity index is 321. The van der Waals surface area contributed by atoms with Crippen LogP contribution in [0.1, 0.15) is 19.4 Å². The van der Waals surface area contributed by atoms with Gasteiger partial charge in [0, 0.05) is 11.3 Å². The molecular formula is C11H14F2OS. The molecule has 0 heterocycles. The minimum atomic E-state index is -2.40. The molecule has 0 bridgehead atoms. The molecule has 0 amide bonds. The first-order chi connectivity index (χ1) is 6.87. The summed E-state index contributed by atoms with van der Waals surface area (Å²) >= 11 is 0.524. The summed E-state index contributed by atoms with van der Waals surface area (Å²) in [5, 5.41) is 9.59. The summed E-state index contributed by atoms with van der Waals surface area (Å²) in [6.07, 6.45) is 0.463. The third-order valence-corrected chi connectivity index (χ3v) is 2.46. The summed E-state index contributed by atoms with van der Waals surface area (Å²) in [6.45, 7) is 3.39. The number of hydrogen-bond donors (Lipinski definition) is 1. The van der Waals surface area contributed by atoms with E-state index in [4.69, 9.17) is 0 Å². The maximum atomic E-state index is 12.1. The third kappa shape index (κ3) is 5.14. The van der Waals surface area contributed by atoms with Gasteiger partial charge in [0.2, 0.25) is 0 Å². The zero-order valence-corrected chi connectivity index (χ0v) is 9.52. The number of aliphatic hydroxyl groups is 1. The van der Waals surface area contributed by atoms with Crippen LogP contribution in [0.5, 0.6) is 0 Å². The van der Waals surface area contributed by atoms with Gasteiger partial charge < -0.3 is 5.11 Å². The first-order valence-electron chi connectivity index (χ1n) is 4.63. The van der Waals surface area contributed by atoms with E-state index in [1.54, 1.807) is 32.0 Å². The monoisotopic (exact) mass is 232 g/mol.